The van der Waals surface area contributed by atoms with Gasteiger partial charge in [-0.25, -0.2) is 0 Å². The van der Waals surface area contributed by atoms with Gasteiger partial charge >= 0.3 is 0 Å². The number of aliphatic hydroxyl groups is 1. The molecular weight excluding hydrogens is 202 g/mol. The molecule has 0 aliphatic heterocycles. The van der Waals surface area contributed by atoms with Crippen LogP contribution in [0.2, 0.25) is 0 Å². The van der Waals surface area contributed by atoms with Gasteiger partial charge in [0.05, 0.1) is 5.69 Å². The van der Waals surface area contributed by atoms with E-state index < -0.39 is 6.10 Å². The number of hydrogen-bond acceptors (Lipinski definition) is 3. The van der Waals surface area contributed by atoms with Crippen molar-refractivity contribution < 1.29 is 5.11 Å². The first-order valence-electron chi connectivity index (χ1n) is 5.41. The lowest BCUT2D eigenvalue weighted by atomic mass is 10.1. The van der Waals surface area contributed by atoms with E-state index in [-0.39, 0.29) is 0 Å². The molecule has 0 bridgehead atoms. The summed E-state index contributed by atoms with van der Waals surface area (Å²) in [7, 11) is 0. The van der Waals surface area contributed by atoms with Gasteiger partial charge in [0.2, 0.25) is 0 Å². The van der Waals surface area contributed by atoms with E-state index in [4.69, 9.17) is 0 Å². The van der Waals surface area contributed by atoms with Crippen molar-refractivity contribution in [3.63, 3.8) is 0 Å². The van der Waals surface area contributed by atoms with Crippen LogP contribution >= 0.6 is 0 Å². The Morgan fingerprint density at radius 2 is 2.19 bits per heavy atom. The van der Waals surface area contributed by atoms with Gasteiger partial charge in [0.1, 0.15) is 6.10 Å². The van der Waals surface area contributed by atoms with E-state index in [0.29, 0.717) is 6.42 Å². The summed E-state index contributed by atoms with van der Waals surface area (Å²) in [6.07, 6.45) is 3.42. The van der Waals surface area contributed by atoms with Gasteiger partial charge in [0, 0.05) is 31.1 Å². The normalized spacial score (nSPS) is 12.6. The van der Waals surface area contributed by atoms with Crippen LogP contribution in [-0.4, -0.2) is 19.9 Å². The van der Waals surface area contributed by atoms with Gasteiger partial charge in [-0.1, -0.05) is 6.07 Å². The quantitative estimate of drug-likeness (QED) is 0.845. The van der Waals surface area contributed by atoms with Gasteiger partial charge in [0.25, 0.3) is 0 Å². The van der Waals surface area contributed by atoms with Crippen molar-refractivity contribution in [2.24, 2.45) is 0 Å². The Morgan fingerprint density at radius 3 is 2.88 bits per heavy atom. The van der Waals surface area contributed by atoms with Crippen LogP contribution in [0.25, 0.3) is 0 Å². The first kappa shape index (κ1) is 10.8. The summed E-state index contributed by atoms with van der Waals surface area (Å²) in [5, 5.41) is 14.2. The summed E-state index contributed by atoms with van der Waals surface area (Å²) >= 11 is 0. The van der Waals surface area contributed by atoms with Crippen LogP contribution in [0.15, 0.2) is 36.7 Å². The van der Waals surface area contributed by atoms with Crippen LogP contribution in [0, 0.1) is 0 Å². The lowest BCUT2D eigenvalue weighted by Crippen LogP contribution is -2.10. The van der Waals surface area contributed by atoms with Crippen molar-refractivity contribution >= 4 is 0 Å². The fourth-order valence-electron chi connectivity index (χ4n) is 1.71. The standard InChI is InChI=1S/C12H15N3O/c1-2-15-11(6-8-14-15)12(16)9-10-5-3-4-7-13-10/h3-8,12,16H,2,9H2,1H3. The number of aliphatic hydroxyl groups excluding tert-OH is 1. The molecule has 0 amide bonds. The summed E-state index contributed by atoms with van der Waals surface area (Å²) in [5.41, 5.74) is 1.73. The number of nitrogens with zero attached hydrogens (tertiary/aromatic N) is 3. The number of aryl methyl sites for hydroxylation is 1. The van der Waals surface area contributed by atoms with Gasteiger partial charge in [-0.05, 0) is 25.1 Å². The maximum Gasteiger partial charge on any atom is 0.101 e. The molecular formula is C12H15N3O. The van der Waals surface area contributed by atoms with Crippen LogP contribution in [-0.2, 0) is 13.0 Å². The van der Waals surface area contributed by atoms with Gasteiger partial charge < -0.3 is 5.11 Å². The van der Waals surface area contributed by atoms with Gasteiger partial charge in [-0.15, -0.1) is 0 Å². The average Bonchev–Trinajstić information content (AvgIpc) is 2.78. The monoisotopic (exact) mass is 217 g/mol. The molecule has 0 fully saturated rings. The van der Waals surface area contributed by atoms with Crippen LogP contribution in [0.5, 0.6) is 0 Å². The average molecular weight is 217 g/mol. The third-order valence-electron chi connectivity index (χ3n) is 2.52. The van der Waals surface area contributed by atoms with E-state index in [1.54, 1.807) is 17.1 Å². The topological polar surface area (TPSA) is 50.9 Å². The van der Waals surface area contributed by atoms with E-state index >= 15 is 0 Å². The van der Waals surface area contributed by atoms with Crippen molar-refractivity contribution in [3.05, 3.63) is 48.0 Å². The molecule has 2 aromatic heterocycles. The SMILES string of the molecule is CCn1nccc1C(O)Cc1ccccn1. The Balaban J connectivity index is 2.11. The molecule has 16 heavy (non-hydrogen) atoms. The second kappa shape index (κ2) is 4.90. The Morgan fingerprint density at radius 1 is 1.31 bits per heavy atom. The predicted octanol–water partition coefficient (Wildman–Crippen LogP) is 1.57. The number of pyridine rings is 1. The van der Waals surface area contributed by atoms with Crippen molar-refractivity contribution in [1.29, 1.82) is 0 Å². The minimum absolute atomic E-state index is 0.520. The number of rotatable bonds is 4. The van der Waals surface area contributed by atoms with Crippen molar-refractivity contribution in [2.45, 2.75) is 26.0 Å². The summed E-state index contributed by atoms with van der Waals surface area (Å²) in [6.45, 7) is 2.77. The molecule has 0 radical (unpaired) electrons. The van der Waals surface area contributed by atoms with Crippen LogP contribution in [0.3, 0.4) is 0 Å². The molecule has 2 heterocycles. The Hall–Kier alpha value is -1.68. The van der Waals surface area contributed by atoms with Crippen molar-refractivity contribution in [1.82, 2.24) is 14.8 Å². The van der Waals surface area contributed by atoms with Gasteiger partial charge in [-0.2, -0.15) is 5.10 Å². The number of aromatic nitrogens is 3. The molecule has 0 aliphatic carbocycles. The molecule has 4 heteroatoms. The van der Waals surface area contributed by atoms with E-state index in [2.05, 4.69) is 10.1 Å². The van der Waals surface area contributed by atoms with E-state index in [0.717, 1.165) is 17.9 Å². The first-order chi connectivity index (χ1) is 7.81. The molecule has 1 atom stereocenters. The van der Waals surface area contributed by atoms with E-state index in [1.807, 2.05) is 31.2 Å². The Kier molecular flexibility index (Phi) is 3.31. The zero-order valence-corrected chi connectivity index (χ0v) is 9.24. The highest BCUT2D eigenvalue weighted by Gasteiger charge is 2.13. The molecule has 4 nitrogen and oxygen atoms in total. The first-order valence-corrected chi connectivity index (χ1v) is 5.41. The van der Waals surface area contributed by atoms with Gasteiger partial charge in [-0.3, -0.25) is 9.67 Å². The van der Waals surface area contributed by atoms with E-state index in [9.17, 15) is 5.11 Å². The molecule has 0 saturated heterocycles. The lowest BCUT2D eigenvalue weighted by Gasteiger charge is -2.11. The summed E-state index contributed by atoms with van der Waals surface area (Å²) in [6, 6.07) is 7.55. The lowest BCUT2D eigenvalue weighted by molar-refractivity contribution is 0.166. The smallest absolute Gasteiger partial charge is 0.101 e. The molecule has 0 saturated carbocycles. The number of hydrogen-bond donors (Lipinski definition) is 1. The second-order valence-electron chi connectivity index (χ2n) is 3.61. The van der Waals surface area contributed by atoms with Crippen molar-refractivity contribution in [3.8, 4) is 0 Å². The molecule has 2 aromatic rings. The zero-order valence-electron chi connectivity index (χ0n) is 9.24. The highest BCUT2D eigenvalue weighted by Crippen LogP contribution is 2.16. The second-order valence-corrected chi connectivity index (χ2v) is 3.61. The highest BCUT2D eigenvalue weighted by atomic mass is 16.3. The minimum Gasteiger partial charge on any atom is -0.386 e. The van der Waals surface area contributed by atoms with Crippen molar-refractivity contribution in [2.75, 3.05) is 0 Å². The molecule has 0 aromatic carbocycles. The Labute approximate surface area is 94.6 Å². The van der Waals surface area contributed by atoms with Crippen LogP contribution < -0.4 is 0 Å². The van der Waals surface area contributed by atoms with Gasteiger partial charge in [0.15, 0.2) is 0 Å². The fraction of sp³-hybridized carbons (Fsp3) is 0.333. The molecule has 0 spiro atoms. The van der Waals surface area contributed by atoms with E-state index in [1.165, 1.54) is 0 Å². The van der Waals surface area contributed by atoms with Crippen LogP contribution in [0.1, 0.15) is 24.4 Å². The molecule has 0 aliphatic rings. The predicted molar refractivity (Wildman–Crippen MR) is 60.8 cm³/mol. The summed E-state index contributed by atoms with van der Waals surface area (Å²) in [5.74, 6) is 0. The maximum atomic E-state index is 10.1. The largest absolute Gasteiger partial charge is 0.386 e. The van der Waals surface area contributed by atoms with Crippen LogP contribution in [0.4, 0.5) is 0 Å². The summed E-state index contributed by atoms with van der Waals surface area (Å²) < 4.78 is 1.80. The fourth-order valence-corrected chi connectivity index (χ4v) is 1.71. The maximum absolute atomic E-state index is 10.1. The molecule has 2 rings (SSSR count). The zero-order chi connectivity index (χ0) is 11.4. The summed E-state index contributed by atoms with van der Waals surface area (Å²) in [4.78, 5) is 4.19. The molecule has 84 valence electrons. The third kappa shape index (κ3) is 2.28. The molecule has 1 unspecified atom stereocenters. The Bertz CT molecular complexity index is 439. The minimum atomic E-state index is -0.544. The molecule has 1 N–H and O–H groups in total. The highest BCUT2D eigenvalue weighted by molar-refractivity contribution is 5.11. The third-order valence-corrected chi connectivity index (χ3v) is 2.52.